The van der Waals surface area contributed by atoms with E-state index in [1.807, 2.05) is 0 Å². The Labute approximate surface area is 97.6 Å². The molecule has 1 amide bonds. The zero-order valence-electron chi connectivity index (χ0n) is 9.27. The number of carbonyl (C=O) groups excluding carboxylic acids is 1. The van der Waals surface area contributed by atoms with Crippen LogP contribution in [-0.4, -0.2) is 38.7 Å². The van der Waals surface area contributed by atoms with Gasteiger partial charge in [-0.15, -0.1) is 5.10 Å². The SMILES string of the molecule is Nc1n[nH]c(C(=O)NCCCCCC(=O)O)n1. The molecule has 0 aliphatic heterocycles. The second-order valence-electron chi connectivity index (χ2n) is 3.50. The minimum atomic E-state index is -0.800. The number of carbonyl (C=O) groups is 2. The largest absolute Gasteiger partial charge is 0.481 e. The van der Waals surface area contributed by atoms with Crippen LogP contribution in [0.25, 0.3) is 0 Å². The first kappa shape index (κ1) is 12.9. The first-order chi connectivity index (χ1) is 8.09. The van der Waals surface area contributed by atoms with Crippen molar-refractivity contribution in [1.29, 1.82) is 0 Å². The van der Waals surface area contributed by atoms with Crippen molar-refractivity contribution in [3.8, 4) is 0 Å². The number of anilines is 1. The molecule has 94 valence electrons. The summed E-state index contributed by atoms with van der Waals surface area (Å²) in [5.41, 5.74) is 5.25. The molecular weight excluding hydrogens is 226 g/mol. The van der Waals surface area contributed by atoms with Gasteiger partial charge in [-0.3, -0.25) is 14.7 Å². The molecule has 0 saturated heterocycles. The van der Waals surface area contributed by atoms with Crippen molar-refractivity contribution in [3.63, 3.8) is 0 Å². The lowest BCUT2D eigenvalue weighted by molar-refractivity contribution is -0.137. The number of aliphatic carboxylic acids is 1. The Hall–Kier alpha value is -2.12. The first-order valence-corrected chi connectivity index (χ1v) is 5.27. The third-order valence-electron chi connectivity index (χ3n) is 2.07. The van der Waals surface area contributed by atoms with E-state index in [9.17, 15) is 9.59 Å². The standard InChI is InChI=1S/C9H15N5O3/c10-9-12-7(13-14-9)8(17)11-5-3-1-2-4-6(15)16/h1-5H2,(H,11,17)(H,15,16)(H3,10,12,13,14). The number of hydrogen-bond donors (Lipinski definition) is 4. The molecule has 0 aromatic carbocycles. The average molecular weight is 241 g/mol. The quantitative estimate of drug-likeness (QED) is 0.487. The van der Waals surface area contributed by atoms with Crippen LogP contribution in [0, 0.1) is 0 Å². The van der Waals surface area contributed by atoms with Gasteiger partial charge in [-0.05, 0) is 12.8 Å². The number of nitrogens with zero attached hydrogens (tertiary/aromatic N) is 2. The number of nitrogen functional groups attached to an aromatic ring is 1. The summed E-state index contributed by atoms with van der Waals surface area (Å²) in [6.45, 7) is 0.471. The summed E-state index contributed by atoms with van der Waals surface area (Å²) in [5.74, 6) is -1.07. The van der Waals surface area contributed by atoms with Gasteiger partial charge in [-0.25, -0.2) is 0 Å². The fourth-order valence-corrected chi connectivity index (χ4v) is 1.24. The fraction of sp³-hybridized carbons (Fsp3) is 0.556. The maximum absolute atomic E-state index is 11.4. The Morgan fingerprint density at radius 3 is 2.71 bits per heavy atom. The fourth-order valence-electron chi connectivity index (χ4n) is 1.24. The highest BCUT2D eigenvalue weighted by molar-refractivity contribution is 5.90. The summed E-state index contributed by atoms with van der Waals surface area (Å²) < 4.78 is 0. The van der Waals surface area contributed by atoms with Gasteiger partial charge in [0.2, 0.25) is 11.8 Å². The minimum Gasteiger partial charge on any atom is -0.481 e. The third-order valence-corrected chi connectivity index (χ3v) is 2.07. The molecule has 0 fully saturated rings. The topological polar surface area (TPSA) is 134 Å². The predicted octanol–water partition coefficient (Wildman–Crippen LogP) is -0.238. The van der Waals surface area contributed by atoms with E-state index in [0.717, 1.165) is 12.8 Å². The maximum atomic E-state index is 11.4. The van der Waals surface area contributed by atoms with E-state index in [1.165, 1.54) is 0 Å². The molecule has 1 heterocycles. The second kappa shape index (κ2) is 6.46. The molecule has 0 radical (unpaired) electrons. The monoisotopic (exact) mass is 241 g/mol. The van der Waals surface area contributed by atoms with Gasteiger partial charge in [0.25, 0.3) is 5.91 Å². The summed E-state index contributed by atoms with van der Waals surface area (Å²) in [4.78, 5) is 25.3. The summed E-state index contributed by atoms with van der Waals surface area (Å²) >= 11 is 0. The van der Waals surface area contributed by atoms with E-state index in [2.05, 4.69) is 20.5 Å². The van der Waals surface area contributed by atoms with Crippen molar-refractivity contribution in [2.75, 3.05) is 12.3 Å². The number of amides is 1. The van der Waals surface area contributed by atoms with Gasteiger partial charge in [0.1, 0.15) is 0 Å². The van der Waals surface area contributed by atoms with E-state index in [4.69, 9.17) is 10.8 Å². The first-order valence-electron chi connectivity index (χ1n) is 5.27. The van der Waals surface area contributed by atoms with Crippen LogP contribution in [-0.2, 0) is 4.79 Å². The van der Waals surface area contributed by atoms with Crippen molar-refractivity contribution < 1.29 is 14.7 Å². The summed E-state index contributed by atoms with van der Waals surface area (Å²) in [6.07, 6.45) is 2.25. The molecular formula is C9H15N5O3. The smallest absolute Gasteiger partial charge is 0.303 e. The Morgan fingerprint density at radius 2 is 2.12 bits per heavy atom. The van der Waals surface area contributed by atoms with Crippen LogP contribution in [0.4, 0.5) is 5.95 Å². The van der Waals surface area contributed by atoms with Gasteiger partial charge in [0, 0.05) is 13.0 Å². The lowest BCUT2D eigenvalue weighted by Gasteiger charge is -2.01. The average Bonchev–Trinajstić information content (AvgIpc) is 2.69. The van der Waals surface area contributed by atoms with E-state index < -0.39 is 5.97 Å². The zero-order valence-corrected chi connectivity index (χ0v) is 9.27. The highest BCUT2D eigenvalue weighted by Crippen LogP contribution is 1.99. The lowest BCUT2D eigenvalue weighted by atomic mass is 10.2. The van der Waals surface area contributed by atoms with Crippen LogP contribution in [0.2, 0.25) is 0 Å². The number of H-pyrrole nitrogens is 1. The molecule has 0 aliphatic carbocycles. The summed E-state index contributed by atoms with van der Waals surface area (Å²) in [6, 6.07) is 0. The number of unbranched alkanes of at least 4 members (excludes halogenated alkanes) is 2. The van der Waals surface area contributed by atoms with Crippen LogP contribution in [0.3, 0.4) is 0 Å². The van der Waals surface area contributed by atoms with Crippen LogP contribution in [0.1, 0.15) is 36.3 Å². The van der Waals surface area contributed by atoms with Gasteiger partial charge < -0.3 is 16.2 Å². The molecule has 1 aromatic rings. The molecule has 0 saturated carbocycles. The van der Waals surface area contributed by atoms with E-state index in [0.29, 0.717) is 13.0 Å². The second-order valence-corrected chi connectivity index (χ2v) is 3.50. The Balaban J connectivity index is 2.11. The van der Waals surface area contributed by atoms with Gasteiger partial charge in [-0.2, -0.15) is 4.98 Å². The molecule has 5 N–H and O–H groups in total. The van der Waals surface area contributed by atoms with Crippen molar-refractivity contribution >= 4 is 17.8 Å². The number of rotatable bonds is 7. The van der Waals surface area contributed by atoms with E-state index in [-0.39, 0.29) is 24.1 Å². The predicted molar refractivity (Wildman–Crippen MR) is 59.2 cm³/mol. The van der Waals surface area contributed by atoms with Crippen molar-refractivity contribution in [1.82, 2.24) is 20.5 Å². The molecule has 0 spiro atoms. The van der Waals surface area contributed by atoms with Crippen LogP contribution in [0.15, 0.2) is 0 Å². The Bertz CT molecular complexity index is 390. The van der Waals surface area contributed by atoms with Gasteiger partial charge in [0.15, 0.2) is 0 Å². The van der Waals surface area contributed by atoms with E-state index >= 15 is 0 Å². The molecule has 0 aliphatic rings. The van der Waals surface area contributed by atoms with Gasteiger partial charge in [0.05, 0.1) is 0 Å². The van der Waals surface area contributed by atoms with Crippen LogP contribution >= 0.6 is 0 Å². The third kappa shape index (κ3) is 4.96. The molecule has 17 heavy (non-hydrogen) atoms. The minimum absolute atomic E-state index is 0.0246. The number of nitrogens with two attached hydrogens (primary N) is 1. The Morgan fingerprint density at radius 1 is 1.35 bits per heavy atom. The molecule has 0 unspecified atom stereocenters. The zero-order chi connectivity index (χ0) is 12.7. The highest BCUT2D eigenvalue weighted by Gasteiger charge is 2.09. The molecule has 1 aromatic heterocycles. The number of hydrogen-bond acceptors (Lipinski definition) is 5. The molecule has 1 rings (SSSR count). The number of carboxylic acids is 1. The van der Waals surface area contributed by atoms with Crippen LogP contribution in [0.5, 0.6) is 0 Å². The van der Waals surface area contributed by atoms with Crippen molar-refractivity contribution in [3.05, 3.63) is 5.82 Å². The van der Waals surface area contributed by atoms with E-state index in [1.54, 1.807) is 0 Å². The number of carboxylic acid groups (broad SMARTS) is 1. The molecule has 0 bridgehead atoms. The number of nitrogens with one attached hydrogen (secondary N) is 2. The highest BCUT2D eigenvalue weighted by atomic mass is 16.4. The van der Waals surface area contributed by atoms with Crippen LogP contribution < -0.4 is 11.1 Å². The molecule has 8 nitrogen and oxygen atoms in total. The summed E-state index contributed by atoms with van der Waals surface area (Å²) in [5, 5.41) is 17.0. The molecule has 0 atom stereocenters. The number of aromatic nitrogens is 3. The van der Waals surface area contributed by atoms with Gasteiger partial charge >= 0.3 is 5.97 Å². The maximum Gasteiger partial charge on any atom is 0.303 e. The molecule has 8 heteroatoms. The lowest BCUT2D eigenvalue weighted by Crippen LogP contribution is -2.25. The van der Waals surface area contributed by atoms with Crippen molar-refractivity contribution in [2.24, 2.45) is 0 Å². The normalized spacial score (nSPS) is 10.1. The Kier molecular flexibility index (Phi) is 4.92. The summed E-state index contributed by atoms with van der Waals surface area (Å²) in [7, 11) is 0. The number of aromatic amines is 1. The van der Waals surface area contributed by atoms with Crippen molar-refractivity contribution in [2.45, 2.75) is 25.7 Å². The van der Waals surface area contributed by atoms with Gasteiger partial charge in [-0.1, -0.05) is 6.42 Å².